The fourth-order valence-electron chi connectivity index (χ4n) is 4.58. The molecule has 2 heterocycles. The summed E-state index contributed by atoms with van der Waals surface area (Å²) in [6.07, 6.45) is 4.01. The quantitative estimate of drug-likeness (QED) is 0.621. The second-order valence-electron chi connectivity index (χ2n) is 8.41. The molecule has 1 saturated heterocycles. The van der Waals surface area contributed by atoms with Crippen molar-refractivity contribution in [2.24, 2.45) is 5.10 Å². The van der Waals surface area contributed by atoms with Crippen molar-refractivity contribution < 1.29 is 14.3 Å². The lowest BCUT2D eigenvalue weighted by Gasteiger charge is -2.34. The van der Waals surface area contributed by atoms with E-state index in [-0.39, 0.29) is 11.9 Å². The van der Waals surface area contributed by atoms with Gasteiger partial charge in [-0.2, -0.15) is 5.10 Å². The van der Waals surface area contributed by atoms with Gasteiger partial charge in [-0.3, -0.25) is 9.69 Å². The van der Waals surface area contributed by atoms with Crippen LogP contribution in [0.25, 0.3) is 0 Å². The molecule has 1 fully saturated rings. The average molecular weight is 456 g/mol. The van der Waals surface area contributed by atoms with Crippen molar-refractivity contribution in [3.8, 4) is 11.5 Å². The minimum atomic E-state index is -0.293. The van der Waals surface area contributed by atoms with Crippen LogP contribution < -0.4 is 9.47 Å². The van der Waals surface area contributed by atoms with Gasteiger partial charge in [-0.15, -0.1) is 0 Å². The molecule has 2 aliphatic rings. The fourth-order valence-corrected chi connectivity index (χ4v) is 4.82. The highest BCUT2D eigenvalue weighted by Gasteiger charge is 2.36. The summed E-state index contributed by atoms with van der Waals surface area (Å²) < 4.78 is 11.1. The van der Waals surface area contributed by atoms with Gasteiger partial charge >= 0.3 is 0 Å². The van der Waals surface area contributed by atoms with Gasteiger partial charge < -0.3 is 9.47 Å². The van der Waals surface area contributed by atoms with E-state index in [9.17, 15) is 4.79 Å². The molecule has 32 heavy (non-hydrogen) atoms. The summed E-state index contributed by atoms with van der Waals surface area (Å²) in [6, 6.07) is 13.4. The predicted octanol–water partition coefficient (Wildman–Crippen LogP) is 4.91. The average Bonchev–Trinajstić information content (AvgIpc) is 3.25. The molecule has 2 aromatic rings. The Labute approximate surface area is 194 Å². The first-order valence-electron chi connectivity index (χ1n) is 11.1. The van der Waals surface area contributed by atoms with Gasteiger partial charge in [0.1, 0.15) is 11.5 Å². The molecule has 0 N–H and O–H groups in total. The molecule has 0 spiro atoms. The van der Waals surface area contributed by atoms with E-state index in [1.165, 1.54) is 6.42 Å². The van der Waals surface area contributed by atoms with Crippen molar-refractivity contribution >= 4 is 23.2 Å². The number of carbonyl (C=O) groups is 1. The number of nitrogens with zero attached hydrogens (tertiary/aromatic N) is 3. The van der Waals surface area contributed by atoms with Crippen molar-refractivity contribution in [2.75, 3.05) is 27.3 Å². The van der Waals surface area contributed by atoms with Crippen molar-refractivity contribution in [3.05, 3.63) is 58.6 Å². The fraction of sp³-hybridized carbons (Fsp3) is 0.440. The number of methoxy groups -OCH3 is 2. The second-order valence-corrected chi connectivity index (χ2v) is 8.82. The third-order valence-corrected chi connectivity index (χ3v) is 6.76. The Kier molecular flexibility index (Phi) is 7.01. The van der Waals surface area contributed by atoms with Crippen LogP contribution in [0.5, 0.6) is 11.5 Å². The number of ether oxygens (including phenoxy) is 2. The van der Waals surface area contributed by atoms with E-state index in [1.54, 1.807) is 19.2 Å². The molecule has 2 aliphatic heterocycles. The predicted molar refractivity (Wildman–Crippen MR) is 127 cm³/mol. The molecule has 2 unspecified atom stereocenters. The maximum Gasteiger partial charge on any atom is 0.257 e. The normalized spacial score (nSPS) is 21.4. The minimum Gasteiger partial charge on any atom is -0.497 e. The molecule has 2 aromatic carbocycles. The number of benzene rings is 2. The first-order chi connectivity index (χ1) is 15.5. The molecule has 7 heteroatoms. The summed E-state index contributed by atoms with van der Waals surface area (Å²) in [6.45, 7) is 3.48. The summed E-state index contributed by atoms with van der Waals surface area (Å²) in [4.78, 5) is 15.8. The van der Waals surface area contributed by atoms with E-state index >= 15 is 0 Å². The summed E-state index contributed by atoms with van der Waals surface area (Å²) >= 11 is 6.47. The highest BCUT2D eigenvalue weighted by atomic mass is 35.5. The zero-order chi connectivity index (χ0) is 22.7. The SMILES string of the molecule is COc1ccc(OC)c(C2CC(c3ccccc3Cl)=NN2C(=O)CN2CCCCC2C)c1. The Hall–Kier alpha value is -2.57. The minimum absolute atomic E-state index is 0.0179. The molecular formula is C25H30ClN3O3. The maximum atomic E-state index is 13.5. The standard InChI is InChI=1S/C25H30ClN3O3/c1-17-8-6-7-13-28(17)16-25(30)29-23(20-14-18(31-2)11-12-24(20)32-3)15-22(27-29)19-9-4-5-10-21(19)26/h4-5,9-12,14,17,23H,6-8,13,15-16H2,1-3H3. The van der Waals surface area contributed by atoms with Crippen LogP contribution >= 0.6 is 11.6 Å². The first kappa shape index (κ1) is 22.6. The van der Waals surface area contributed by atoms with E-state index in [0.29, 0.717) is 35.5 Å². The lowest BCUT2D eigenvalue weighted by Crippen LogP contribution is -2.44. The molecule has 0 bridgehead atoms. The third kappa shape index (κ3) is 4.62. The molecule has 1 amide bonds. The molecule has 4 rings (SSSR count). The van der Waals surface area contributed by atoms with Crippen LogP contribution in [0, 0.1) is 0 Å². The van der Waals surface area contributed by atoms with Gasteiger partial charge in [0, 0.05) is 28.6 Å². The van der Waals surface area contributed by atoms with Crippen LogP contribution in [0.2, 0.25) is 5.02 Å². The molecule has 0 radical (unpaired) electrons. The number of halogens is 1. The lowest BCUT2D eigenvalue weighted by atomic mass is 9.97. The summed E-state index contributed by atoms with van der Waals surface area (Å²) in [7, 11) is 3.27. The first-order valence-corrected chi connectivity index (χ1v) is 11.5. The Morgan fingerprint density at radius 1 is 1.16 bits per heavy atom. The van der Waals surface area contributed by atoms with Crippen LogP contribution in [-0.4, -0.2) is 54.9 Å². The van der Waals surface area contributed by atoms with Gasteiger partial charge in [0.2, 0.25) is 0 Å². The second kappa shape index (κ2) is 9.92. The number of carbonyl (C=O) groups excluding carboxylic acids is 1. The molecule has 0 saturated carbocycles. The van der Waals surface area contributed by atoms with Crippen molar-refractivity contribution in [2.45, 2.75) is 44.7 Å². The summed E-state index contributed by atoms with van der Waals surface area (Å²) in [5.41, 5.74) is 2.52. The molecule has 170 valence electrons. The van der Waals surface area contributed by atoms with Gasteiger partial charge in [0.15, 0.2) is 0 Å². The van der Waals surface area contributed by atoms with Gasteiger partial charge in [-0.25, -0.2) is 5.01 Å². The number of likely N-dealkylation sites (tertiary alicyclic amines) is 1. The Balaban J connectivity index is 1.70. The number of hydrogen-bond donors (Lipinski definition) is 0. The van der Waals surface area contributed by atoms with E-state index in [1.807, 2.05) is 42.5 Å². The molecule has 0 aliphatic carbocycles. The molecule has 2 atom stereocenters. The number of piperidine rings is 1. The van der Waals surface area contributed by atoms with Gasteiger partial charge in [-0.1, -0.05) is 36.2 Å². The molecular weight excluding hydrogens is 426 g/mol. The summed E-state index contributed by atoms with van der Waals surface area (Å²) in [5.74, 6) is 1.40. The highest BCUT2D eigenvalue weighted by Crippen LogP contribution is 2.40. The Bertz CT molecular complexity index is 1010. The Morgan fingerprint density at radius 2 is 1.97 bits per heavy atom. The number of amides is 1. The number of hydrogen-bond acceptors (Lipinski definition) is 5. The Morgan fingerprint density at radius 3 is 2.69 bits per heavy atom. The van der Waals surface area contributed by atoms with Crippen LogP contribution in [0.4, 0.5) is 0 Å². The van der Waals surface area contributed by atoms with Crippen LogP contribution in [-0.2, 0) is 4.79 Å². The largest absolute Gasteiger partial charge is 0.497 e. The third-order valence-electron chi connectivity index (χ3n) is 6.43. The van der Waals surface area contributed by atoms with E-state index in [4.69, 9.17) is 26.2 Å². The zero-order valence-corrected chi connectivity index (χ0v) is 19.6. The lowest BCUT2D eigenvalue weighted by molar-refractivity contribution is -0.135. The van der Waals surface area contributed by atoms with Crippen LogP contribution in [0.3, 0.4) is 0 Å². The monoisotopic (exact) mass is 455 g/mol. The van der Waals surface area contributed by atoms with Crippen LogP contribution in [0.15, 0.2) is 47.6 Å². The van der Waals surface area contributed by atoms with E-state index < -0.39 is 0 Å². The molecule has 0 aromatic heterocycles. The zero-order valence-electron chi connectivity index (χ0n) is 18.9. The van der Waals surface area contributed by atoms with Gasteiger partial charge in [0.25, 0.3) is 5.91 Å². The number of hydrazone groups is 1. The van der Waals surface area contributed by atoms with E-state index in [0.717, 1.165) is 36.2 Å². The van der Waals surface area contributed by atoms with Crippen LogP contribution in [0.1, 0.15) is 49.8 Å². The van der Waals surface area contributed by atoms with Gasteiger partial charge in [0.05, 0.1) is 32.5 Å². The molecule has 6 nitrogen and oxygen atoms in total. The number of rotatable bonds is 6. The van der Waals surface area contributed by atoms with Crippen molar-refractivity contribution in [3.63, 3.8) is 0 Å². The topological polar surface area (TPSA) is 54.4 Å². The maximum absolute atomic E-state index is 13.5. The van der Waals surface area contributed by atoms with Crippen molar-refractivity contribution in [1.29, 1.82) is 0 Å². The van der Waals surface area contributed by atoms with Crippen molar-refractivity contribution in [1.82, 2.24) is 9.91 Å². The highest BCUT2D eigenvalue weighted by molar-refractivity contribution is 6.34. The van der Waals surface area contributed by atoms with Gasteiger partial charge in [-0.05, 0) is 50.6 Å². The summed E-state index contributed by atoms with van der Waals surface area (Å²) in [5, 5.41) is 7.04. The smallest absolute Gasteiger partial charge is 0.257 e. The van der Waals surface area contributed by atoms with E-state index in [2.05, 4.69) is 11.8 Å².